The fourth-order valence-corrected chi connectivity index (χ4v) is 2.15. The number of benzene rings is 1. The molecule has 15 heavy (non-hydrogen) atoms. The molecule has 1 aliphatic heterocycles. The van der Waals surface area contributed by atoms with E-state index in [0.29, 0.717) is 11.1 Å². The standard InChI is InChI=1S/C12H16ClNO/c13-10-5-4-9(12(14)8-10)7-11-3-1-2-6-15-11/h4-5,8,11H,1-3,6-7,14H2. The van der Waals surface area contributed by atoms with Crippen LogP contribution in [0.1, 0.15) is 24.8 Å². The molecule has 82 valence electrons. The molecule has 1 aromatic carbocycles. The van der Waals surface area contributed by atoms with Crippen molar-refractivity contribution in [2.24, 2.45) is 0 Å². The normalized spacial score (nSPS) is 21.5. The number of nitrogens with two attached hydrogens (primary N) is 1. The van der Waals surface area contributed by atoms with Crippen LogP contribution in [0, 0.1) is 0 Å². The molecule has 2 rings (SSSR count). The molecule has 1 aromatic rings. The molecule has 0 aromatic heterocycles. The molecule has 0 saturated carbocycles. The molecular formula is C12H16ClNO. The van der Waals surface area contributed by atoms with Crippen molar-refractivity contribution in [3.05, 3.63) is 28.8 Å². The monoisotopic (exact) mass is 225 g/mol. The second kappa shape index (κ2) is 4.86. The van der Waals surface area contributed by atoms with E-state index in [4.69, 9.17) is 22.1 Å². The van der Waals surface area contributed by atoms with E-state index in [9.17, 15) is 0 Å². The highest BCUT2D eigenvalue weighted by Gasteiger charge is 2.15. The summed E-state index contributed by atoms with van der Waals surface area (Å²) in [4.78, 5) is 0. The molecule has 3 heteroatoms. The van der Waals surface area contributed by atoms with Gasteiger partial charge in [-0.1, -0.05) is 17.7 Å². The molecule has 1 atom stereocenters. The first kappa shape index (κ1) is 10.8. The van der Waals surface area contributed by atoms with Crippen LogP contribution in [-0.4, -0.2) is 12.7 Å². The predicted octanol–water partition coefficient (Wildman–Crippen LogP) is 3.03. The minimum Gasteiger partial charge on any atom is -0.398 e. The summed E-state index contributed by atoms with van der Waals surface area (Å²) in [6.45, 7) is 0.887. The van der Waals surface area contributed by atoms with Crippen LogP contribution in [0.4, 0.5) is 5.69 Å². The Kier molecular flexibility index (Phi) is 3.49. The fraction of sp³-hybridized carbons (Fsp3) is 0.500. The van der Waals surface area contributed by atoms with Crippen molar-refractivity contribution < 1.29 is 4.74 Å². The van der Waals surface area contributed by atoms with E-state index in [2.05, 4.69) is 0 Å². The van der Waals surface area contributed by atoms with Crippen LogP contribution in [0.3, 0.4) is 0 Å². The minimum absolute atomic E-state index is 0.335. The smallest absolute Gasteiger partial charge is 0.0616 e. The topological polar surface area (TPSA) is 35.2 Å². The van der Waals surface area contributed by atoms with Gasteiger partial charge in [0.25, 0.3) is 0 Å². The fourth-order valence-electron chi connectivity index (χ4n) is 1.97. The maximum absolute atomic E-state index is 5.90. The van der Waals surface area contributed by atoms with Crippen LogP contribution in [0.15, 0.2) is 18.2 Å². The molecule has 0 aliphatic carbocycles. The zero-order valence-corrected chi connectivity index (χ0v) is 9.46. The lowest BCUT2D eigenvalue weighted by Crippen LogP contribution is -2.21. The van der Waals surface area contributed by atoms with E-state index in [0.717, 1.165) is 30.7 Å². The molecule has 0 bridgehead atoms. The molecule has 0 amide bonds. The highest BCUT2D eigenvalue weighted by molar-refractivity contribution is 6.30. The lowest BCUT2D eigenvalue weighted by atomic mass is 10.0. The summed E-state index contributed by atoms with van der Waals surface area (Å²) >= 11 is 5.85. The van der Waals surface area contributed by atoms with E-state index >= 15 is 0 Å². The number of hydrogen-bond donors (Lipinski definition) is 1. The van der Waals surface area contributed by atoms with Crippen molar-refractivity contribution in [3.8, 4) is 0 Å². The zero-order valence-electron chi connectivity index (χ0n) is 8.71. The average molecular weight is 226 g/mol. The van der Waals surface area contributed by atoms with E-state index < -0.39 is 0 Å². The molecule has 2 nitrogen and oxygen atoms in total. The summed E-state index contributed by atoms with van der Waals surface area (Å²) in [7, 11) is 0. The molecule has 1 saturated heterocycles. The van der Waals surface area contributed by atoms with Gasteiger partial charge in [-0.15, -0.1) is 0 Å². The van der Waals surface area contributed by atoms with Gasteiger partial charge in [0.1, 0.15) is 0 Å². The van der Waals surface area contributed by atoms with E-state index in [1.165, 1.54) is 12.8 Å². The highest BCUT2D eigenvalue weighted by Crippen LogP contribution is 2.23. The van der Waals surface area contributed by atoms with Crippen molar-refractivity contribution >= 4 is 17.3 Å². The molecule has 2 N–H and O–H groups in total. The van der Waals surface area contributed by atoms with E-state index in [-0.39, 0.29) is 0 Å². The average Bonchev–Trinajstić information content (AvgIpc) is 2.24. The first-order valence-electron chi connectivity index (χ1n) is 5.41. The highest BCUT2D eigenvalue weighted by atomic mass is 35.5. The number of halogens is 1. The number of rotatable bonds is 2. The van der Waals surface area contributed by atoms with Gasteiger partial charge >= 0.3 is 0 Å². The Bertz CT molecular complexity index is 334. The molecule has 1 unspecified atom stereocenters. The van der Waals surface area contributed by atoms with Crippen molar-refractivity contribution in [2.45, 2.75) is 31.8 Å². The van der Waals surface area contributed by atoms with Crippen molar-refractivity contribution in [3.63, 3.8) is 0 Å². The number of hydrogen-bond acceptors (Lipinski definition) is 2. The van der Waals surface area contributed by atoms with Crippen molar-refractivity contribution in [1.82, 2.24) is 0 Å². The Hall–Kier alpha value is -0.730. The molecule has 0 radical (unpaired) electrons. The zero-order chi connectivity index (χ0) is 10.7. The van der Waals surface area contributed by atoms with Crippen LogP contribution < -0.4 is 5.73 Å². The summed E-state index contributed by atoms with van der Waals surface area (Å²) in [6.07, 6.45) is 4.83. The Morgan fingerprint density at radius 3 is 2.93 bits per heavy atom. The largest absolute Gasteiger partial charge is 0.398 e. The Morgan fingerprint density at radius 2 is 2.27 bits per heavy atom. The SMILES string of the molecule is Nc1cc(Cl)ccc1CC1CCCCO1. The van der Waals surface area contributed by atoms with Crippen LogP contribution in [0.25, 0.3) is 0 Å². The maximum Gasteiger partial charge on any atom is 0.0616 e. The lowest BCUT2D eigenvalue weighted by Gasteiger charge is -2.23. The summed E-state index contributed by atoms with van der Waals surface area (Å²) in [6, 6.07) is 5.69. The third-order valence-electron chi connectivity index (χ3n) is 2.83. The van der Waals surface area contributed by atoms with E-state index in [1.54, 1.807) is 6.07 Å². The van der Waals surface area contributed by atoms with Crippen LogP contribution in [-0.2, 0) is 11.2 Å². The van der Waals surface area contributed by atoms with Gasteiger partial charge in [0.2, 0.25) is 0 Å². The molecule has 1 aliphatic rings. The van der Waals surface area contributed by atoms with Crippen molar-refractivity contribution in [1.29, 1.82) is 0 Å². The number of ether oxygens (including phenoxy) is 1. The first-order valence-corrected chi connectivity index (χ1v) is 5.79. The lowest BCUT2D eigenvalue weighted by molar-refractivity contribution is 0.0169. The third kappa shape index (κ3) is 2.86. The summed E-state index contributed by atoms with van der Waals surface area (Å²) in [5.74, 6) is 0. The Morgan fingerprint density at radius 1 is 1.40 bits per heavy atom. The van der Waals surface area contributed by atoms with Crippen LogP contribution in [0.5, 0.6) is 0 Å². The molecular weight excluding hydrogens is 210 g/mol. The maximum atomic E-state index is 5.90. The minimum atomic E-state index is 0.335. The Labute approximate surface area is 95.4 Å². The van der Waals surface area contributed by atoms with Crippen LogP contribution >= 0.6 is 11.6 Å². The molecule has 1 fully saturated rings. The summed E-state index contributed by atoms with van der Waals surface area (Å²) < 4.78 is 5.68. The van der Waals surface area contributed by atoms with Gasteiger partial charge in [0.15, 0.2) is 0 Å². The van der Waals surface area contributed by atoms with Crippen molar-refractivity contribution in [2.75, 3.05) is 12.3 Å². The number of anilines is 1. The molecule has 0 spiro atoms. The molecule has 1 heterocycles. The van der Waals surface area contributed by atoms with Gasteiger partial charge in [-0.05, 0) is 37.0 Å². The second-order valence-corrected chi connectivity index (χ2v) is 4.47. The van der Waals surface area contributed by atoms with Gasteiger partial charge < -0.3 is 10.5 Å². The van der Waals surface area contributed by atoms with Gasteiger partial charge in [-0.2, -0.15) is 0 Å². The first-order chi connectivity index (χ1) is 7.25. The second-order valence-electron chi connectivity index (χ2n) is 4.04. The van der Waals surface area contributed by atoms with Crippen LogP contribution in [0.2, 0.25) is 5.02 Å². The Balaban J connectivity index is 2.03. The van der Waals surface area contributed by atoms with Gasteiger partial charge in [-0.25, -0.2) is 0 Å². The van der Waals surface area contributed by atoms with Gasteiger partial charge in [-0.3, -0.25) is 0 Å². The predicted molar refractivity (Wildman–Crippen MR) is 63.2 cm³/mol. The summed E-state index contributed by atoms with van der Waals surface area (Å²) in [5, 5.41) is 0.695. The van der Waals surface area contributed by atoms with Gasteiger partial charge in [0, 0.05) is 23.7 Å². The number of nitrogen functional groups attached to an aromatic ring is 1. The van der Waals surface area contributed by atoms with Gasteiger partial charge in [0.05, 0.1) is 6.10 Å². The third-order valence-corrected chi connectivity index (χ3v) is 3.06. The summed E-state index contributed by atoms with van der Waals surface area (Å²) in [5.41, 5.74) is 7.82. The van der Waals surface area contributed by atoms with E-state index in [1.807, 2.05) is 12.1 Å². The quantitative estimate of drug-likeness (QED) is 0.786.